The summed E-state index contributed by atoms with van der Waals surface area (Å²) in [5, 5.41) is 1.74. The Morgan fingerprint density at radius 3 is 2.68 bits per heavy atom. The molecule has 2 aromatic carbocycles. The molecule has 5 heteroatoms. The number of hydrogen-bond acceptors (Lipinski definition) is 4. The van der Waals surface area contributed by atoms with Crippen molar-refractivity contribution in [2.24, 2.45) is 4.99 Å². The molecule has 2 heterocycles. The Morgan fingerprint density at radius 2 is 1.90 bits per heavy atom. The van der Waals surface area contributed by atoms with Crippen molar-refractivity contribution in [3.05, 3.63) is 76.9 Å². The van der Waals surface area contributed by atoms with E-state index < -0.39 is 0 Å². The molecule has 1 aliphatic heterocycles. The zero-order chi connectivity index (χ0) is 21.7. The van der Waals surface area contributed by atoms with Crippen LogP contribution in [-0.2, 0) is 6.54 Å². The average Bonchev–Trinajstić information content (AvgIpc) is 3.19. The van der Waals surface area contributed by atoms with Gasteiger partial charge in [0.1, 0.15) is 0 Å². The average molecular weight is 410 g/mol. The molecule has 0 radical (unpaired) electrons. The van der Waals surface area contributed by atoms with Crippen molar-refractivity contribution in [3.8, 4) is 5.75 Å². The predicted molar refractivity (Wildman–Crippen MR) is 123 cm³/mol. The SMILES string of the molecule is CCn1c2ccc(C(=O)C3=C(C)C=CCC=C3)cc2c2c3c(ccc21)C(=O)/C(=N\C)O3. The number of aromatic nitrogens is 1. The molecule has 154 valence electrons. The number of nitrogens with zero attached hydrogens (tertiary/aromatic N) is 2. The third-order valence-electron chi connectivity index (χ3n) is 6.00. The van der Waals surface area contributed by atoms with Gasteiger partial charge in [-0.15, -0.1) is 0 Å². The van der Waals surface area contributed by atoms with Gasteiger partial charge in [-0.1, -0.05) is 24.3 Å². The summed E-state index contributed by atoms with van der Waals surface area (Å²) in [5.41, 5.74) is 4.75. The number of carbonyl (C=O) groups is 2. The minimum atomic E-state index is -0.208. The first-order valence-corrected chi connectivity index (χ1v) is 10.4. The van der Waals surface area contributed by atoms with E-state index in [0.29, 0.717) is 22.4 Å². The molecule has 0 N–H and O–H groups in total. The Hall–Kier alpha value is -3.73. The first-order chi connectivity index (χ1) is 15.0. The van der Waals surface area contributed by atoms with Crippen molar-refractivity contribution in [3.63, 3.8) is 0 Å². The van der Waals surface area contributed by atoms with Gasteiger partial charge in [0.05, 0.1) is 16.5 Å². The Morgan fingerprint density at radius 1 is 1.13 bits per heavy atom. The number of aryl methyl sites for hydroxylation is 1. The van der Waals surface area contributed by atoms with E-state index in [1.54, 1.807) is 13.1 Å². The van der Waals surface area contributed by atoms with Gasteiger partial charge >= 0.3 is 0 Å². The third-order valence-corrected chi connectivity index (χ3v) is 6.00. The number of fused-ring (bicyclic) bond motifs is 5. The number of benzene rings is 2. The second-order valence-corrected chi connectivity index (χ2v) is 7.74. The van der Waals surface area contributed by atoms with Gasteiger partial charge in [-0.2, -0.15) is 0 Å². The Labute approximate surface area is 180 Å². The predicted octanol–water partition coefficient (Wildman–Crippen LogP) is 5.43. The van der Waals surface area contributed by atoms with Crippen LogP contribution < -0.4 is 4.74 Å². The fourth-order valence-corrected chi connectivity index (χ4v) is 4.47. The molecule has 0 amide bonds. The van der Waals surface area contributed by atoms with Crippen molar-refractivity contribution >= 4 is 39.3 Å². The van der Waals surface area contributed by atoms with Crippen LogP contribution in [0.2, 0.25) is 0 Å². The summed E-state index contributed by atoms with van der Waals surface area (Å²) >= 11 is 0. The molecule has 3 aromatic rings. The highest BCUT2D eigenvalue weighted by molar-refractivity contribution is 6.47. The standard InChI is InChI=1S/C26H22N2O3/c1-4-28-20-12-10-16(23(29)17-9-7-5-6-8-15(17)2)14-19(20)22-21(28)13-11-18-24(30)26(27-3)31-25(18)22/h6-14H,4-5H2,1-3H3/b27-26+. The van der Waals surface area contributed by atoms with E-state index in [4.69, 9.17) is 4.74 Å². The van der Waals surface area contributed by atoms with E-state index in [9.17, 15) is 9.59 Å². The van der Waals surface area contributed by atoms with Crippen LogP contribution in [0.4, 0.5) is 0 Å². The fraction of sp³-hybridized carbons (Fsp3) is 0.192. The summed E-state index contributed by atoms with van der Waals surface area (Å²) in [6.07, 6.45) is 8.76. The van der Waals surface area contributed by atoms with Crippen molar-refractivity contribution in [2.45, 2.75) is 26.8 Å². The van der Waals surface area contributed by atoms with Crippen LogP contribution in [0, 0.1) is 0 Å². The minimum absolute atomic E-state index is 0.0139. The number of Topliss-reactive ketones (excluding diaryl/α,β-unsaturated/α-hetero) is 2. The van der Waals surface area contributed by atoms with Crippen molar-refractivity contribution in [1.82, 2.24) is 4.57 Å². The van der Waals surface area contributed by atoms with E-state index in [2.05, 4.69) is 22.6 Å². The van der Waals surface area contributed by atoms with Crippen LogP contribution in [-0.4, -0.2) is 29.1 Å². The fourth-order valence-electron chi connectivity index (χ4n) is 4.47. The molecule has 0 spiro atoms. The van der Waals surface area contributed by atoms with Gasteiger partial charge in [0.15, 0.2) is 11.5 Å². The Balaban J connectivity index is 1.77. The Kier molecular flexibility index (Phi) is 4.47. The van der Waals surface area contributed by atoms with E-state index in [-0.39, 0.29) is 17.5 Å². The molecule has 2 aliphatic rings. The van der Waals surface area contributed by atoms with Gasteiger partial charge in [0.2, 0.25) is 0 Å². The Bertz CT molecular complexity index is 1410. The number of hydrogen-bond donors (Lipinski definition) is 0. The van der Waals surface area contributed by atoms with E-state index in [1.807, 2.05) is 49.4 Å². The number of allylic oxidation sites excluding steroid dienone is 6. The summed E-state index contributed by atoms with van der Waals surface area (Å²) < 4.78 is 8.04. The van der Waals surface area contributed by atoms with E-state index >= 15 is 0 Å². The summed E-state index contributed by atoms with van der Waals surface area (Å²) in [6, 6.07) is 9.53. The molecule has 0 bridgehead atoms. The molecular weight excluding hydrogens is 388 g/mol. The third kappa shape index (κ3) is 2.81. The summed E-state index contributed by atoms with van der Waals surface area (Å²) in [7, 11) is 1.55. The van der Waals surface area contributed by atoms with Gasteiger partial charge < -0.3 is 9.30 Å². The highest BCUT2D eigenvalue weighted by Crippen LogP contribution is 2.41. The highest BCUT2D eigenvalue weighted by atomic mass is 16.5. The van der Waals surface area contributed by atoms with E-state index in [0.717, 1.165) is 40.3 Å². The van der Waals surface area contributed by atoms with Crippen LogP contribution in [0.25, 0.3) is 21.8 Å². The lowest BCUT2D eigenvalue weighted by molar-refractivity contribution is 0.103. The normalized spacial score (nSPS) is 17.0. The number of rotatable bonds is 3. The topological polar surface area (TPSA) is 60.7 Å². The monoisotopic (exact) mass is 410 g/mol. The maximum Gasteiger partial charge on any atom is 0.263 e. The van der Waals surface area contributed by atoms with Crippen LogP contribution in [0.1, 0.15) is 41.0 Å². The number of ketones is 2. The van der Waals surface area contributed by atoms with Gasteiger partial charge in [-0.25, -0.2) is 0 Å². The molecule has 0 fully saturated rings. The summed E-state index contributed by atoms with van der Waals surface area (Å²) in [5.74, 6) is 0.404. The van der Waals surface area contributed by atoms with Gasteiger partial charge in [-0.3, -0.25) is 14.6 Å². The smallest absolute Gasteiger partial charge is 0.263 e. The molecule has 31 heavy (non-hydrogen) atoms. The minimum Gasteiger partial charge on any atom is -0.434 e. The van der Waals surface area contributed by atoms with Crippen LogP contribution in [0.15, 0.2) is 70.8 Å². The molecule has 5 rings (SSSR count). The van der Waals surface area contributed by atoms with Gasteiger partial charge in [0.25, 0.3) is 11.7 Å². The second kappa shape index (κ2) is 7.20. The molecule has 5 nitrogen and oxygen atoms in total. The molecule has 0 saturated carbocycles. The van der Waals surface area contributed by atoms with E-state index in [1.165, 1.54) is 0 Å². The van der Waals surface area contributed by atoms with Crippen LogP contribution in [0.3, 0.4) is 0 Å². The first kappa shape index (κ1) is 19.2. The van der Waals surface area contributed by atoms with Crippen molar-refractivity contribution in [1.29, 1.82) is 0 Å². The molecule has 0 unspecified atom stereocenters. The van der Waals surface area contributed by atoms with Crippen molar-refractivity contribution < 1.29 is 14.3 Å². The zero-order valence-electron chi connectivity index (χ0n) is 17.7. The number of aliphatic imine (C=N–C) groups is 1. The first-order valence-electron chi connectivity index (χ1n) is 10.4. The maximum atomic E-state index is 13.3. The quantitative estimate of drug-likeness (QED) is 0.541. The number of ether oxygens (including phenoxy) is 1. The van der Waals surface area contributed by atoms with Gasteiger partial charge in [0, 0.05) is 35.6 Å². The lowest BCUT2D eigenvalue weighted by atomic mass is 9.97. The highest BCUT2D eigenvalue weighted by Gasteiger charge is 2.32. The second-order valence-electron chi connectivity index (χ2n) is 7.74. The summed E-state index contributed by atoms with van der Waals surface area (Å²) in [6.45, 7) is 4.79. The molecule has 1 aliphatic carbocycles. The van der Waals surface area contributed by atoms with Crippen LogP contribution in [0.5, 0.6) is 5.75 Å². The lowest BCUT2D eigenvalue weighted by Crippen LogP contribution is -2.11. The summed E-state index contributed by atoms with van der Waals surface area (Å²) in [4.78, 5) is 29.9. The molecular formula is C26H22N2O3. The maximum absolute atomic E-state index is 13.3. The number of carbonyl (C=O) groups excluding carboxylic acids is 2. The van der Waals surface area contributed by atoms with Crippen molar-refractivity contribution in [2.75, 3.05) is 7.05 Å². The molecule has 1 aromatic heterocycles. The largest absolute Gasteiger partial charge is 0.434 e. The van der Waals surface area contributed by atoms with Gasteiger partial charge in [-0.05, 0) is 56.2 Å². The molecule has 0 saturated heterocycles. The zero-order valence-corrected chi connectivity index (χ0v) is 17.7. The molecule has 0 atom stereocenters. The van der Waals surface area contributed by atoms with Crippen LogP contribution >= 0.6 is 0 Å². The lowest BCUT2D eigenvalue weighted by Gasteiger charge is -2.06.